The number of rotatable bonds is 3. The normalized spacial score (nSPS) is 33.5. The lowest BCUT2D eigenvalue weighted by Gasteiger charge is -2.35. The van der Waals surface area contributed by atoms with Crippen molar-refractivity contribution in [2.24, 2.45) is 5.92 Å². The molecule has 0 bridgehead atoms. The molecule has 0 aromatic rings. The van der Waals surface area contributed by atoms with E-state index in [0.717, 1.165) is 25.7 Å². The number of aliphatic hydroxyl groups is 1. The fourth-order valence-electron chi connectivity index (χ4n) is 1.87. The zero-order chi connectivity index (χ0) is 11.5. The van der Waals surface area contributed by atoms with Gasteiger partial charge in [-0.3, -0.25) is 4.79 Å². The van der Waals surface area contributed by atoms with Crippen LogP contribution in [0.5, 0.6) is 0 Å². The first-order chi connectivity index (χ1) is 6.93. The molecule has 88 valence electrons. The molecule has 1 amide bonds. The molecule has 1 atom stereocenters. The van der Waals surface area contributed by atoms with Crippen molar-refractivity contribution in [1.82, 2.24) is 5.32 Å². The van der Waals surface area contributed by atoms with Crippen LogP contribution in [0.15, 0.2) is 0 Å². The minimum absolute atomic E-state index is 0.0537. The summed E-state index contributed by atoms with van der Waals surface area (Å²) in [6.07, 6.45) is 3.70. The number of carbonyl (C=O) groups excluding carboxylic acids is 1. The highest BCUT2D eigenvalue weighted by atomic mass is 79.9. The molecule has 15 heavy (non-hydrogen) atoms. The van der Waals surface area contributed by atoms with E-state index in [9.17, 15) is 9.90 Å². The molecule has 1 rings (SSSR count). The molecule has 4 heteroatoms. The molecule has 1 aliphatic rings. The Balaban J connectivity index is 2.34. The van der Waals surface area contributed by atoms with Crippen molar-refractivity contribution in [2.45, 2.75) is 50.0 Å². The second kappa shape index (κ2) is 5.30. The molecule has 0 aliphatic heterocycles. The Labute approximate surface area is 99.8 Å². The van der Waals surface area contributed by atoms with Crippen LogP contribution in [0.25, 0.3) is 0 Å². The fraction of sp³-hybridized carbons (Fsp3) is 0.909. The average molecular weight is 278 g/mol. The van der Waals surface area contributed by atoms with Gasteiger partial charge in [0.25, 0.3) is 0 Å². The van der Waals surface area contributed by atoms with Crippen molar-refractivity contribution in [1.29, 1.82) is 0 Å². The van der Waals surface area contributed by atoms with Gasteiger partial charge in [-0.2, -0.15) is 0 Å². The minimum Gasteiger partial charge on any atom is -0.388 e. The topological polar surface area (TPSA) is 49.3 Å². The van der Waals surface area contributed by atoms with E-state index in [4.69, 9.17) is 0 Å². The highest BCUT2D eigenvalue weighted by Gasteiger charge is 2.32. The lowest BCUT2D eigenvalue weighted by atomic mass is 9.79. The van der Waals surface area contributed by atoms with Gasteiger partial charge >= 0.3 is 0 Å². The third-order valence-electron chi connectivity index (χ3n) is 3.16. The number of hydrogen-bond donors (Lipinski definition) is 2. The Bertz CT molecular complexity index is 223. The summed E-state index contributed by atoms with van der Waals surface area (Å²) in [6, 6.07) is 0. The highest BCUT2D eigenvalue weighted by molar-refractivity contribution is 9.10. The maximum atomic E-state index is 11.3. The van der Waals surface area contributed by atoms with Gasteiger partial charge in [-0.05, 0) is 38.5 Å². The van der Waals surface area contributed by atoms with E-state index >= 15 is 0 Å². The van der Waals surface area contributed by atoms with E-state index in [2.05, 4.69) is 28.2 Å². The van der Waals surface area contributed by atoms with E-state index in [0.29, 0.717) is 12.5 Å². The number of halogens is 1. The number of hydrogen-bond acceptors (Lipinski definition) is 2. The van der Waals surface area contributed by atoms with Crippen LogP contribution in [-0.4, -0.2) is 28.0 Å². The number of carbonyl (C=O) groups is 1. The van der Waals surface area contributed by atoms with E-state index in [-0.39, 0.29) is 10.7 Å². The van der Waals surface area contributed by atoms with Gasteiger partial charge in [-0.25, -0.2) is 0 Å². The van der Waals surface area contributed by atoms with Crippen molar-refractivity contribution < 1.29 is 9.90 Å². The van der Waals surface area contributed by atoms with Gasteiger partial charge in [0.1, 0.15) is 0 Å². The molecule has 2 N–H and O–H groups in total. The summed E-state index contributed by atoms with van der Waals surface area (Å²) < 4.78 is 0. The first kappa shape index (κ1) is 13.0. The third-order valence-corrected chi connectivity index (χ3v) is 3.57. The maximum Gasteiger partial charge on any atom is 0.233 e. The zero-order valence-corrected chi connectivity index (χ0v) is 11.0. The van der Waals surface area contributed by atoms with Crippen LogP contribution in [0.2, 0.25) is 0 Å². The Morgan fingerprint density at radius 2 is 2.13 bits per heavy atom. The van der Waals surface area contributed by atoms with Gasteiger partial charge in [0, 0.05) is 6.54 Å². The smallest absolute Gasteiger partial charge is 0.233 e. The molecule has 3 nitrogen and oxygen atoms in total. The molecule has 0 radical (unpaired) electrons. The summed E-state index contributed by atoms with van der Waals surface area (Å²) in [4.78, 5) is 11.1. The molecule has 0 aromatic heterocycles. The van der Waals surface area contributed by atoms with E-state index in [1.54, 1.807) is 6.92 Å². The molecule has 1 unspecified atom stereocenters. The summed E-state index contributed by atoms with van der Waals surface area (Å²) in [7, 11) is 0. The predicted octanol–water partition coefficient (Wildman–Crippen LogP) is 1.83. The molecule has 1 aliphatic carbocycles. The monoisotopic (exact) mass is 277 g/mol. The Hall–Kier alpha value is -0.0900. The Morgan fingerprint density at radius 3 is 2.60 bits per heavy atom. The Kier molecular flexibility index (Phi) is 4.59. The summed E-state index contributed by atoms with van der Waals surface area (Å²) >= 11 is 3.20. The largest absolute Gasteiger partial charge is 0.388 e. The van der Waals surface area contributed by atoms with Crippen molar-refractivity contribution in [3.8, 4) is 0 Å². The van der Waals surface area contributed by atoms with Gasteiger partial charge in [-0.1, -0.05) is 22.9 Å². The minimum atomic E-state index is -0.677. The fourth-order valence-corrected chi connectivity index (χ4v) is 2.03. The van der Waals surface area contributed by atoms with Crippen LogP contribution in [0, 0.1) is 5.92 Å². The van der Waals surface area contributed by atoms with Gasteiger partial charge in [0.2, 0.25) is 5.91 Å². The van der Waals surface area contributed by atoms with Crippen LogP contribution < -0.4 is 5.32 Å². The van der Waals surface area contributed by atoms with Crippen LogP contribution in [0.4, 0.5) is 0 Å². The van der Waals surface area contributed by atoms with Crippen LogP contribution in [0.1, 0.15) is 39.5 Å². The standard InChI is InChI=1S/C11H20BrNO2/c1-8-3-5-11(15,6-4-8)7-13-10(14)9(2)12/h8-9,15H,3-7H2,1-2H3,(H,13,14). The maximum absolute atomic E-state index is 11.3. The molecule has 0 aromatic carbocycles. The quantitative estimate of drug-likeness (QED) is 0.774. The lowest BCUT2D eigenvalue weighted by Crippen LogP contribution is -2.46. The van der Waals surface area contributed by atoms with Gasteiger partial charge in [0.15, 0.2) is 0 Å². The van der Waals surface area contributed by atoms with Gasteiger partial charge in [-0.15, -0.1) is 0 Å². The number of alkyl halides is 1. The first-order valence-corrected chi connectivity index (χ1v) is 6.49. The molecule has 0 saturated heterocycles. The molecule has 1 fully saturated rings. The molecule has 1 saturated carbocycles. The second-order valence-electron chi connectivity index (χ2n) is 4.74. The summed E-state index contributed by atoms with van der Waals surface area (Å²) in [6.45, 7) is 4.37. The van der Waals surface area contributed by atoms with Crippen LogP contribution in [0.3, 0.4) is 0 Å². The van der Waals surface area contributed by atoms with Crippen molar-refractivity contribution in [3.63, 3.8) is 0 Å². The summed E-state index contributed by atoms with van der Waals surface area (Å²) in [5.74, 6) is 0.651. The van der Waals surface area contributed by atoms with E-state index in [1.807, 2.05) is 0 Å². The summed E-state index contributed by atoms with van der Waals surface area (Å²) in [5, 5.41) is 13.0. The lowest BCUT2D eigenvalue weighted by molar-refractivity contribution is -0.121. The Morgan fingerprint density at radius 1 is 1.60 bits per heavy atom. The molecule has 0 heterocycles. The highest BCUT2D eigenvalue weighted by Crippen LogP contribution is 2.31. The van der Waals surface area contributed by atoms with Gasteiger partial charge in [0.05, 0.1) is 10.4 Å². The third kappa shape index (κ3) is 4.11. The average Bonchev–Trinajstić information content (AvgIpc) is 2.19. The predicted molar refractivity (Wildman–Crippen MR) is 64.0 cm³/mol. The van der Waals surface area contributed by atoms with E-state index < -0.39 is 5.60 Å². The van der Waals surface area contributed by atoms with Crippen molar-refractivity contribution >= 4 is 21.8 Å². The molecule has 0 spiro atoms. The second-order valence-corrected chi connectivity index (χ2v) is 6.11. The van der Waals surface area contributed by atoms with Gasteiger partial charge < -0.3 is 10.4 Å². The number of amides is 1. The van der Waals surface area contributed by atoms with E-state index in [1.165, 1.54) is 0 Å². The number of nitrogens with one attached hydrogen (secondary N) is 1. The van der Waals surface area contributed by atoms with Crippen LogP contribution in [-0.2, 0) is 4.79 Å². The van der Waals surface area contributed by atoms with Crippen molar-refractivity contribution in [3.05, 3.63) is 0 Å². The zero-order valence-electron chi connectivity index (χ0n) is 9.42. The van der Waals surface area contributed by atoms with Crippen LogP contribution >= 0.6 is 15.9 Å². The summed E-state index contributed by atoms with van der Waals surface area (Å²) in [5.41, 5.74) is -0.677. The first-order valence-electron chi connectivity index (χ1n) is 5.57. The molecular weight excluding hydrogens is 258 g/mol. The van der Waals surface area contributed by atoms with Crippen molar-refractivity contribution in [2.75, 3.05) is 6.54 Å². The molecular formula is C11H20BrNO2. The SMILES string of the molecule is CC1CCC(O)(CNC(=O)C(C)Br)CC1.